The molecule has 2 aromatic carbocycles. The first-order valence-electron chi connectivity index (χ1n) is 19.5. The molecule has 0 aliphatic carbocycles. The van der Waals surface area contributed by atoms with Crippen LogP contribution < -0.4 is 19.1 Å². The van der Waals surface area contributed by atoms with Crippen LogP contribution >= 0.6 is 0 Å². The van der Waals surface area contributed by atoms with Crippen molar-refractivity contribution in [1.29, 1.82) is 0 Å². The SMILES string of the molecule is COCOc1cc(-c2nc3c4c(nc(OC[C@@]56CCCN5C[C@H](F)C6)nc4c2F)N(C)CCCO3)c2c(C#C[Si](C(C)C)(C(C)C)C(C)C)c(F)ccc2c1. The number of aromatic nitrogens is 3. The number of pyridine rings is 1. The number of nitrogens with zero attached hydrogens (tertiary/aromatic N) is 5. The number of benzene rings is 2. The average Bonchev–Trinajstić information content (AvgIpc) is 3.67. The predicted molar refractivity (Wildman–Crippen MR) is 213 cm³/mol. The summed E-state index contributed by atoms with van der Waals surface area (Å²) >= 11 is 0. The molecule has 3 aliphatic rings. The highest BCUT2D eigenvalue weighted by Crippen LogP contribution is 2.45. The van der Waals surface area contributed by atoms with Crippen molar-refractivity contribution in [2.45, 2.75) is 95.6 Å². The van der Waals surface area contributed by atoms with Crippen molar-refractivity contribution in [2.24, 2.45) is 0 Å². The smallest absolute Gasteiger partial charge is 0.319 e. The van der Waals surface area contributed by atoms with Crippen molar-refractivity contribution in [3.8, 4) is 40.4 Å². The topological polar surface area (TPSA) is 82.1 Å². The molecule has 0 saturated carbocycles. The fourth-order valence-electron chi connectivity index (χ4n) is 9.49. The van der Waals surface area contributed by atoms with E-state index in [1.165, 1.54) is 13.2 Å². The summed E-state index contributed by atoms with van der Waals surface area (Å²) in [7, 11) is 1.09. The van der Waals surface area contributed by atoms with Gasteiger partial charge in [0, 0.05) is 44.6 Å². The Kier molecular flexibility index (Phi) is 11.0. The fourth-order valence-corrected chi connectivity index (χ4v) is 14.7. The third-order valence-corrected chi connectivity index (χ3v) is 18.4. The van der Waals surface area contributed by atoms with E-state index in [1.807, 2.05) is 11.9 Å². The zero-order chi connectivity index (χ0) is 39.2. The Bertz CT molecular complexity index is 2140. The highest BCUT2D eigenvalue weighted by molar-refractivity contribution is 6.90. The van der Waals surface area contributed by atoms with E-state index in [-0.39, 0.29) is 47.6 Å². The maximum absolute atomic E-state index is 17.5. The highest BCUT2D eigenvalue weighted by atomic mass is 28.3. The number of halogens is 3. The van der Waals surface area contributed by atoms with Crippen LogP contribution in [-0.2, 0) is 4.74 Å². The molecule has 0 bridgehead atoms. The van der Waals surface area contributed by atoms with Crippen LogP contribution in [0.5, 0.6) is 17.6 Å². The normalized spacial score (nSPS) is 20.2. The molecule has 2 saturated heterocycles. The molecule has 0 amide bonds. The van der Waals surface area contributed by atoms with Gasteiger partial charge in [0.15, 0.2) is 12.6 Å². The average molecular weight is 776 g/mol. The number of fused-ring (bicyclic) bond motifs is 2. The van der Waals surface area contributed by atoms with Gasteiger partial charge in [-0.3, -0.25) is 4.90 Å². The fraction of sp³-hybridized carbons (Fsp3) is 0.548. The van der Waals surface area contributed by atoms with E-state index in [9.17, 15) is 4.39 Å². The van der Waals surface area contributed by atoms with Crippen LogP contribution in [0.15, 0.2) is 24.3 Å². The minimum absolute atomic E-state index is 0.0163. The van der Waals surface area contributed by atoms with Gasteiger partial charge >= 0.3 is 6.01 Å². The molecule has 5 heterocycles. The number of ether oxygens (including phenoxy) is 4. The van der Waals surface area contributed by atoms with E-state index >= 15 is 8.78 Å². The monoisotopic (exact) mass is 775 g/mol. The molecule has 9 nitrogen and oxygen atoms in total. The van der Waals surface area contributed by atoms with Gasteiger partial charge in [-0.25, -0.2) is 18.2 Å². The number of hydrogen-bond acceptors (Lipinski definition) is 9. The third kappa shape index (κ3) is 6.99. The first kappa shape index (κ1) is 39.1. The maximum atomic E-state index is 17.5. The van der Waals surface area contributed by atoms with E-state index in [4.69, 9.17) is 28.9 Å². The van der Waals surface area contributed by atoms with Gasteiger partial charge in [-0.05, 0) is 66.0 Å². The second-order valence-corrected chi connectivity index (χ2v) is 21.9. The number of anilines is 1. The quantitative estimate of drug-likeness (QED) is 0.0892. The van der Waals surface area contributed by atoms with Gasteiger partial charge in [0.2, 0.25) is 5.88 Å². The molecular formula is C42H52F3N5O4Si. The zero-order valence-corrected chi connectivity index (χ0v) is 34.2. The van der Waals surface area contributed by atoms with Crippen LogP contribution in [0.3, 0.4) is 0 Å². The second-order valence-electron chi connectivity index (χ2n) is 16.3. The van der Waals surface area contributed by atoms with Crippen molar-refractivity contribution >= 4 is 35.6 Å². The molecule has 2 atom stereocenters. The molecule has 7 rings (SSSR count). The number of methoxy groups -OCH3 is 1. The van der Waals surface area contributed by atoms with Crippen LogP contribution in [0.2, 0.25) is 16.6 Å². The number of rotatable bonds is 10. The Morgan fingerprint density at radius 1 is 0.982 bits per heavy atom. The van der Waals surface area contributed by atoms with Gasteiger partial charge in [0.25, 0.3) is 0 Å². The Morgan fingerprint density at radius 3 is 2.47 bits per heavy atom. The van der Waals surface area contributed by atoms with Gasteiger partial charge in [-0.2, -0.15) is 9.97 Å². The van der Waals surface area contributed by atoms with E-state index < -0.39 is 31.4 Å². The van der Waals surface area contributed by atoms with E-state index in [1.54, 1.807) is 18.2 Å². The van der Waals surface area contributed by atoms with E-state index in [0.29, 0.717) is 76.9 Å². The van der Waals surface area contributed by atoms with Crippen LogP contribution in [0.4, 0.5) is 19.0 Å². The minimum atomic E-state index is -2.30. The molecule has 0 radical (unpaired) electrons. The van der Waals surface area contributed by atoms with Crippen molar-refractivity contribution < 1.29 is 32.1 Å². The highest BCUT2D eigenvalue weighted by Gasteiger charge is 2.49. The largest absolute Gasteiger partial charge is 0.477 e. The summed E-state index contributed by atoms with van der Waals surface area (Å²) in [4.78, 5) is 18.3. The van der Waals surface area contributed by atoms with Crippen molar-refractivity contribution in [3.05, 3.63) is 41.5 Å². The summed E-state index contributed by atoms with van der Waals surface area (Å²) < 4.78 is 72.0. The van der Waals surface area contributed by atoms with Gasteiger partial charge in [0.1, 0.15) is 54.8 Å². The lowest BCUT2D eigenvalue weighted by molar-refractivity contribution is 0.0512. The van der Waals surface area contributed by atoms with Gasteiger partial charge in [-0.1, -0.05) is 53.5 Å². The Morgan fingerprint density at radius 2 is 1.75 bits per heavy atom. The van der Waals surface area contributed by atoms with Crippen molar-refractivity contribution in [3.63, 3.8) is 0 Å². The zero-order valence-electron chi connectivity index (χ0n) is 33.2. The first-order valence-corrected chi connectivity index (χ1v) is 21.7. The molecule has 55 heavy (non-hydrogen) atoms. The number of alkyl halides is 1. The lowest BCUT2D eigenvalue weighted by Crippen LogP contribution is -2.43. The first-order chi connectivity index (χ1) is 26.3. The number of hydrogen-bond donors (Lipinski definition) is 0. The summed E-state index contributed by atoms with van der Waals surface area (Å²) in [5, 5.41) is 1.32. The Balaban J connectivity index is 1.46. The Hall–Kier alpha value is -4.12. The Labute approximate surface area is 322 Å². The lowest BCUT2D eigenvalue weighted by Gasteiger charge is -2.38. The maximum Gasteiger partial charge on any atom is 0.319 e. The summed E-state index contributed by atoms with van der Waals surface area (Å²) in [6.45, 7) is 15.5. The molecular weight excluding hydrogens is 724 g/mol. The molecule has 0 spiro atoms. The minimum Gasteiger partial charge on any atom is -0.477 e. The molecule has 294 valence electrons. The molecule has 4 aromatic rings. The standard InChI is InChI=1S/C42H52F3N5O4Si/c1-25(2)55(26(3)4,27(5)6)18-13-31-33(44)12-11-28-19-30(54-24-51-8)20-32(34(28)31)37-36(45)38-35-39(49(7)15-10-17-52-40(35)46-37)48-41(47-38)53-23-42-14-9-16-50(42)22-29(43)21-42/h11-12,19-20,25-27,29H,9-10,14-17,21-24H2,1-8H3/t29-,42+/m1/s1. The summed E-state index contributed by atoms with van der Waals surface area (Å²) in [6, 6.07) is 6.43. The van der Waals surface area contributed by atoms with Gasteiger partial charge in [0.05, 0.1) is 17.7 Å². The van der Waals surface area contributed by atoms with Crippen LogP contribution in [0.1, 0.15) is 72.8 Å². The molecule has 0 unspecified atom stereocenters. The van der Waals surface area contributed by atoms with Crippen molar-refractivity contribution in [1.82, 2.24) is 19.9 Å². The van der Waals surface area contributed by atoms with Crippen LogP contribution in [0, 0.1) is 23.1 Å². The molecule has 3 aliphatic heterocycles. The van der Waals surface area contributed by atoms with E-state index in [2.05, 4.69) is 62.9 Å². The van der Waals surface area contributed by atoms with Gasteiger partial charge < -0.3 is 23.8 Å². The summed E-state index contributed by atoms with van der Waals surface area (Å²) in [6.07, 6.45) is 1.86. The molecule has 2 fully saturated rings. The second kappa shape index (κ2) is 15.4. The molecule has 2 aromatic heterocycles. The summed E-state index contributed by atoms with van der Waals surface area (Å²) in [5.74, 6) is 3.01. The lowest BCUT2D eigenvalue weighted by atomic mass is 9.95. The van der Waals surface area contributed by atoms with Crippen molar-refractivity contribution in [2.75, 3.05) is 58.7 Å². The third-order valence-electron chi connectivity index (χ3n) is 12.1. The summed E-state index contributed by atoms with van der Waals surface area (Å²) in [5.41, 5.74) is 4.46. The van der Waals surface area contributed by atoms with E-state index in [0.717, 1.165) is 19.4 Å². The molecule has 0 N–H and O–H groups in total. The predicted octanol–water partition coefficient (Wildman–Crippen LogP) is 8.85. The van der Waals surface area contributed by atoms with Gasteiger partial charge in [-0.15, -0.1) is 5.54 Å². The van der Waals surface area contributed by atoms with Crippen LogP contribution in [-0.4, -0.2) is 93.4 Å². The molecule has 13 heteroatoms. The van der Waals surface area contributed by atoms with Crippen LogP contribution in [0.25, 0.3) is 32.9 Å².